The summed E-state index contributed by atoms with van der Waals surface area (Å²) >= 11 is 0. The minimum absolute atomic E-state index is 0.472. The molecule has 0 bridgehead atoms. The highest BCUT2D eigenvalue weighted by atomic mass is 16.5. The van der Waals surface area contributed by atoms with Crippen molar-refractivity contribution < 1.29 is 4.74 Å². The summed E-state index contributed by atoms with van der Waals surface area (Å²) in [6.07, 6.45) is 4.24. The maximum Gasteiger partial charge on any atom is 0.0720 e. The molecule has 2 nitrogen and oxygen atoms in total. The first-order valence-corrected chi connectivity index (χ1v) is 6.54. The summed E-state index contributed by atoms with van der Waals surface area (Å²) in [4.78, 5) is 2.28. The van der Waals surface area contributed by atoms with Gasteiger partial charge in [0.2, 0.25) is 0 Å². The molecule has 1 saturated carbocycles. The van der Waals surface area contributed by atoms with Crippen LogP contribution in [0, 0.1) is 5.92 Å². The van der Waals surface area contributed by atoms with Gasteiger partial charge < -0.3 is 9.64 Å². The third-order valence-corrected chi connectivity index (χ3v) is 3.44. The molecule has 0 radical (unpaired) electrons. The fourth-order valence-electron chi connectivity index (χ4n) is 2.65. The van der Waals surface area contributed by atoms with Crippen molar-refractivity contribution in [2.24, 2.45) is 5.92 Å². The van der Waals surface area contributed by atoms with Crippen molar-refractivity contribution in [3.63, 3.8) is 0 Å². The molecule has 2 atom stereocenters. The molecule has 1 aliphatic rings. The molecular formula is C15H23NO. The van der Waals surface area contributed by atoms with Gasteiger partial charge in [-0.15, -0.1) is 0 Å². The zero-order valence-corrected chi connectivity index (χ0v) is 10.9. The Labute approximate surface area is 105 Å². The molecule has 0 amide bonds. The average molecular weight is 233 g/mol. The maximum atomic E-state index is 5.98. The number of ether oxygens (including phenoxy) is 1. The normalized spacial score (nSPS) is 24.4. The van der Waals surface area contributed by atoms with Crippen molar-refractivity contribution in [3.8, 4) is 0 Å². The summed E-state index contributed by atoms with van der Waals surface area (Å²) in [7, 11) is 4.30. The minimum Gasteiger partial charge on any atom is -0.374 e. The molecule has 1 aromatic carbocycles. The molecule has 0 spiro atoms. The van der Waals surface area contributed by atoms with E-state index in [0.717, 1.165) is 12.5 Å². The zero-order chi connectivity index (χ0) is 12.1. The van der Waals surface area contributed by atoms with Gasteiger partial charge in [0.25, 0.3) is 0 Å². The van der Waals surface area contributed by atoms with Crippen LogP contribution < -0.4 is 0 Å². The Kier molecular flexibility index (Phi) is 4.57. The molecule has 94 valence electrons. The first-order valence-electron chi connectivity index (χ1n) is 6.54. The van der Waals surface area contributed by atoms with Gasteiger partial charge in [0, 0.05) is 6.54 Å². The number of rotatable bonds is 5. The van der Waals surface area contributed by atoms with Crippen molar-refractivity contribution >= 4 is 0 Å². The molecule has 0 N–H and O–H groups in total. The van der Waals surface area contributed by atoms with Gasteiger partial charge in [-0.1, -0.05) is 30.3 Å². The van der Waals surface area contributed by atoms with Crippen LogP contribution in [0.5, 0.6) is 0 Å². The predicted molar refractivity (Wildman–Crippen MR) is 70.9 cm³/mol. The van der Waals surface area contributed by atoms with Gasteiger partial charge in [0.15, 0.2) is 0 Å². The van der Waals surface area contributed by atoms with Gasteiger partial charge >= 0.3 is 0 Å². The Morgan fingerprint density at radius 1 is 1.18 bits per heavy atom. The lowest BCUT2D eigenvalue weighted by molar-refractivity contribution is 0.0422. The van der Waals surface area contributed by atoms with Crippen LogP contribution in [-0.4, -0.2) is 31.6 Å². The van der Waals surface area contributed by atoms with Crippen molar-refractivity contribution in [2.75, 3.05) is 20.6 Å². The van der Waals surface area contributed by atoms with Crippen LogP contribution in [0.25, 0.3) is 0 Å². The van der Waals surface area contributed by atoms with E-state index in [0.29, 0.717) is 6.10 Å². The van der Waals surface area contributed by atoms with Gasteiger partial charge in [0.05, 0.1) is 12.7 Å². The second kappa shape index (κ2) is 6.18. The monoisotopic (exact) mass is 233 g/mol. The van der Waals surface area contributed by atoms with Crippen LogP contribution in [0.3, 0.4) is 0 Å². The first kappa shape index (κ1) is 12.6. The predicted octanol–water partition coefficient (Wildman–Crippen LogP) is 2.93. The van der Waals surface area contributed by atoms with Crippen molar-refractivity contribution in [1.82, 2.24) is 4.90 Å². The lowest BCUT2D eigenvalue weighted by Crippen LogP contribution is -2.20. The summed E-state index contributed by atoms with van der Waals surface area (Å²) in [6.45, 7) is 1.96. The molecule has 1 fully saturated rings. The minimum atomic E-state index is 0.472. The standard InChI is InChI=1S/C15H23NO/c1-16(2)11-14-8-9-15(10-14)17-12-13-6-4-3-5-7-13/h3-7,14-15H,8-12H2,1-2H3. The quantitative estimate of drug-likeness (QED) is 0.775. The van der Waals surface area contributed by atoms with Crippen molar-refractivity contribution in [2.45, 2.75) is 32.0 Å². The Morgan fingerprint density at radius 2 is 1.94 bits per heavy atom. The fourth-order valence-corrected chi connectivity index (χ4v) is 2.65. The third kappa shape index (κ3) is 4.14. The summed E-state index contributed by atoms with van der Waals surface area (Å²) < 4.78 is 5.98. The van der Waals surface area contributed by atoms with Gasteiger partial charge in [-0.2, -0.15) is 0 Å². The molecular weight excluding hydrogens is 210 g/mol. The Balaban J connectivity index is 1.71. The second-order valence-corrected chi connectivity index (χ2v) is 5.36. The van der Waals surface area contributed by atoms with Gasteiger partial charge in [-0.05, 0) is 44.8 Å². The molecule has 1 aromatic rings. The van der Waals surface area contributed by atoms with E-state index in [2.05, 4.69) is 43.3 Å². The molecule has 0 aromatic heterocycles. The topological polar surface area (TPSA) is 12.5 Å². The first-order chi connectivity index (χ1) is 8.24. The molecule has 2 unspecified atom stereocenters. The van der Waals surface area contributed by atoms with Crippen LogP contribution in [-0.2, 0) is 11.3 Å². The third-order valence-electron chi connectivity index (χ3n) is 3.44. The molecule has 0 heterocycles. The summed E-state index contributed by atoms with van der Waals surface area (Å²) in [5, 5.41) is 0. The molecule has 2 heteroatoms. The van der Waals surface area contributed by atoms with Gasteiger partial charge in [0.1, 0.15) is 0 Å². The lowest BCUT2D eigenvalue weighted by Gasteiger charge is -2.16. The maximum absolute atomic E-state index is 5.98. The number of hydrogen-bond donors (Lipinski definition) is 0. The largest absolute Gasteiger partial charge is 0.374 e. The SMILES string of the molecule is CN(C)CC1CCC(OCc2ccccc2)C1. The molecule has 0 aliphatic heterocycles. The fraction of sp³-hybridized carbons (Fsp3) is 0.600. The summed E-state index contributed by atoms with van der Waals surface area (Å²) in [5.41, 5.74) is 1.28. The van der Waals surface area contributed by atoms with E-state index in [4.69, 9.17) is 4.74 Å². The number of benzene rings is 1. The molecule has 2 rings (SSSR count). The van der Waals surface area contributed by atoms with E-state index in [1.807, 2.05) is 6.07 Å². The second-order valence-electron chi connectivity index (χ2n) is 5.36. The van der Waals surface area contributed by atoms with E-state index >= 15 is 0 Å². The van der Waals surface area contributed by atoms with Crippen LogP contribution in [0.2, 0.25) is 0 Å². The molecule has 0 saturated heterocycles. The van der Waals surface area contributed by atoms with E-state index in [9.17, 15) is 0 Å². The Hall–Kier alpha value is -0.860. The van der Waals surface area contributed by atoms with E-state index in [1.165, 1.54) is 31.4 Å². The lowest BCUT2D eigenvalue weighted by atomic mass is 10.1. The van der Waals surface area contributed by atoms with Crippen molar-refractivity contribution in [1.29, 1.82) is 0 Å². The Bertz CT molecular complexity index is 323. The van der Waals surface area contributed by atoms with E-state index < -0.39 is 0 Å². The van der Waals surface area contributed by atoms with Gasteiger partial charge in [-0.3, -0.25) is 0 Å². The highest BCUT2D eigenvalue weighted by Crippen LogP contribution is 2.28. The highest BCUT2D eigenvalue weighted by molar-refractivity contribution is 5.13. The molecule has 17 heavy (non-hydrogen) atoms. The smallest absolute Gasteiger partial charge is 0.0720 e. The average Bonchev–Trinajstić information content (AvgIpc) is 2.75. The highest BCUT2D eigenvalue weighted by Gasteiger charge is 2.25. The van der Waals surface area contributed by atoms with Crippen LogP contribution in [0.15, 0.2) is 30.3 Å². The van der Waals surface area contributed by atoms with Crippen LogP contribution in [0.1, 0.15) is 24.8 Å². The number of nitrogens with zero attached hydrogens (tertiary/aromatic N) is 1. The Morgan fingerprint density at radius 3 is 2.65 bits per heavy atom. The van der Waals surface area contributed by atoms with E-state index in [-0.39, 0.29) is 0 Å². The zero-order valence-electron chi connectivity index (χ0n) is 10.9. The van der Waals surface area contributed by atoms with Gasteiger partial charge in [-0.25, -0.2) is 0 Å². The summed E-state index contributed by atoms with van der Waals surface area (Å²) in [5.74, 6) is 0.825. The van der Waals surface area contributed by atoms with E-state index in [1.54, 1.807) is 0 Å². The van der Waals surface area contributed by atoms with Crippen molar-refractivity contribution in [3.05, 3.63) is 35.9 Å². The number of hydrogen-bond acceptors (Lipinski definition) is 2. The van der Waals surface area contributed by atoms with Crippen LogP contribution in [0.4, 0.5) is 0 Å². The molecule has 1 aliphatic carbocycles. The van der Waals surface area contributed by atoms with Crippen LogP contribution >= 0.6 is 0 Å². The summed E-state index contributed by atoms with van der Waals surface area (Å²) in [6, 6.07) is 10.5.